The van der Waals surface area contributed by atoms with Crippen LogP contribution in [0.25, 0.3) is 0 Å². The number of urea groups is 1. The molecular formula is C35H39FN6O6S. The van der Waals surface area contributed by atoms with Crippen molar-refractivity contribution in [2.24, 2.45) is 0 Å². The van der Waals surface area contributed by atoms with Crippen molar-refractivity contribution in [2.75, 3.05) is 64.3 Å². The fraction of sp³-hybridized carbons (Fsp3) is 0.400. The smallest absolute Gasteiger partial charge is 0.318 e. The normalized spacial score (nSPS) is 20.5. The SMILES string of the molecule is CCOc1ccccc1C1(NC(=O)N2CCC(N3CCN(C)CC3)CC2)C(=O)N(S(=O)(=O)c2ccc(OC)cc2)c2cc(F)c(C#N)cc21. The first-order valence-electron chi connectivity index (χ1n) is 16.2. The molecule has 14 heteroatoms. The summed E-state index contributed by atoms with van der Waals surface area (Å²) in [4.78, 5) is 35.4. The van der Waals surface area contributed by atoms with Gasteiger partial charge in [-0.05, 0) is 63.2 Å². The molecule has 1 N–H and O–H groups in total. The van der Waals surface area contributed by atoms with E-state index in [1.54, 1.807) is 42.2 Å². The molecule has 49 heavy (non-hydrogen) atoms. The highest BCUT2D eigenvalue weighted by Crippen LogP contribution is 2.50. The second-order valence-electron chi connectivity index (χ2n) is 12.4. The van der Waals surface area contributed by atoms with Crippen molar-refractivity contribution in [1.29, 1.82) is 5.26 Å². The number of anilines is 1. The molecule has 0 bridgehead atoms. The Labute approximate surface area is 285 Å². The molecule has 0 spiro atoms. The molecule has 258 valence electrons. The van der Waals surface area contributed by atoms with Gasteiger partial charge >= 0.3 is 6.03 Å². The van der Waals surface area contributed by atoms with Gasteiger partial charge in [0.1, 0.15) is 23.4 Å². The number of nitrogens with zero attached hydrogens (tertiary/aromatic N) is 5. The van der Waals surface area contributed by atoms with Gasteiger partial charge in [-0.1, -0.05) is 18.2 Å². The third kappa shape index (κ3) is 6.07. The number of methoxy groups -OCH3 is 1. The molecule has 1 unspecified atom stereocenters. The number of piperazine rings is 1. The van der Waals surface area contributed by atoms with Gasteiger partial charge in [-0.15, -0.1) is 0 Å². The molecule has 12 nitrogen and oxygen atoms in total. The number of ether oxygens (including phenoxy) is 2. The minimum atomic E-state index is -4.69. The maximum absolute atomic E-state index is 15.4. The number of fused-ring (bicyclic) bond motifs is 1. The zero-order valence-electron chi connectivity index (χ0n) is 27.7. The van der Waals surface area contributed by atoms with Gasteiger partial charge in [-0.25, -0.2) is 17.6 Å². The molecule has 2 fully saturated rings. The minimum Gasteiger partial charge on any atom is -0.497 e. The zero-order valence-corrected chi connectivity index (χ0v) is 28.5. The molecular weight excluding hydrogens is 651 g/mol. The van der Waals surface area contributed by atoms with Crippen LogP contribution >= 0.6 is 0 Å². The number of amides is 3. The molecule has 3 aromatic carbocycles. The summed E-state index contributed by atoms with van der Waals surface area (Å²) in [5, 5.41) is 12.7. The van der Waals surface area contributed by atoms with Crippen molar-refractivity contribution in [3.05, 3.63) is 83.2 Å². The Morgan fingerprint density at radius 1 is 1.02 bits per heavy atom. The summed E-state index contributed by atoms with van der Waals surface area (Å²) in [6, 6.07) is 15.4. The number of halogens is 1. The van der Waals surface area contributed by atoms with E-state index in [0.717, 1.165) is 51.2 Å². The number of nitriles is 1. The average molecular weight is 691 g/mol. The summed E-state index contributed by atoms with van der Waals surface area (Å²) in [5.41, 5.74) is -2.87. The number of hydrogen-bond donors (Lipinski definition) is 1. The molecule has 0 aromatic heterocycles. The first-order chi connectivity index (χ1) is 23.5. The molecule has 2 saturated heterocycles. The Kier molecular flexibility index (Phi) is 9.52. The number of para-hydroxylation sites is 1. The summed E-state index contributed by atoms with van der Waals surface area (Å²) in [6.07, 6.45) is 1.46. The summed E-state index contributed by atoms with van der Waals surface area (Å²) < 4.78 is 55.6. The number of nitrogens with one attached hydrogen (secondary N) is 1. The van der Waals surface area contributed by atoms with Gasteiger partial charge in [0.05, 0.1) is 29.9 Å². The average Bonchev–Trinajstić information content (AvgIpc) is 3.35. The number of carbonyl (C=O) groups excluding carboxylic acids is 2. The maximum atomic E-state index is 15.4. The topological polar surface area (TPSA) is 136 Å². The van der Waals surface area contributed by atoms with Crippen molar-refractivity contribution < 1.29 is 31.9 Å². The monoisotopic (exact) mass is 690 g/mol. The molecule has 3 aliphatic rings. The predicted octanol–water partition coefficient (Wildman–Crippen LogP) is 3.51. The number of benzene rings is 3. The number of likely N-dealkylation sites (N-methyl/N-ethyl adjacent to an activating group) is 1. The lowest BCUT2D eigenvalue weighted by Crippen LogP contribution is -2.59. The van der Waals surface area contributed by atoms with Gasteiger partial charge in [-0.3, -0.25) is 9.69 Å². The van der Waals surface area contributed by atoms with Crippen LogP contribution in [0.1, 0.15) is 36.5 Å². The van der Waals surface area contributed by atoms with Crippen molar-refractivity contribution in [3.8, 4) is 17.6 Å². The predicted molar refractivity (Wildman–Crippen MR) is 179 cm³/mol. The maximum Gasteiger partial charge on any atom is 0.318 e. The van der Waals surface area contributed by atoms with Crippen LogP contribution in [-0.4, -0.2) is 101 Å². The molecule has 3 aromatic rings. The minimum absolute atomic E-state index is 0.0691. The van der Waals surface area contributed by atoms with E-state index in [9.17, 15) is 18.5 Å². The number of rotatable bonds is 8. The number of likely N-dealkylation sites (tertiary alicyclic amines) is 1. The highest BCUT2D eigenvalue weighted by atomic mass is 32.2. The van der Waals surface area contributed by atoms with E-state index in [1.165, 1.54) is 31.4 Å². The molecule has 3 amide bonds. The fourth-order valence-electron chi connectivity index (χ4n) is 6.95. The Balaban J connectivity index is 1.45. The van der Waals surface area contributed by atoms with Crippen molar-refractivity contribution >= 4 is 27.6 Å². The van der Waals surface area contributed by atoms with Gasteiger partial charge in [0.25, 0.3) is 15.9 Å². The van der Waals surface area contributed by atoms with Crippen molar-refractivity contribution in [3.63, 3.8) is 0 Å². The van der Waals surface area contributed by atoms with Gasteiger partial charge in [0, 0.05) is 62.5 Å². The van der Waals surface area contributed by atoms with E-state index in [0.29, 0.717) is 29.2 Å². The molecule has 0 aliphatic carbocycles. The van der Waals surface area contributed by atoms with Crippen molar-refractivity contribution in [2.45, 2.75) is 36.2 Å². The third-order valence-electron chi connectivity index (χ3n) is 9.62. The highest BCUT2D eigenvalue weighted by Gasteiger charge is 2.59. The lowest BCUT2D eigenvalue weighted by molar-refractivity contribution is -0.121. The van der Waals surface area contributed by atoms with E-state index in [2.05, 4.69) is 22.2 Å². The highest BCUT2D eigenvalue weighted by molar-refractivity contribution is 7.93. The second kappa shape index (κ2) is 13.7. The summed E-state index contributed by atoms with van der Waals surface area (Å²) >= 11 is 0. The molecule has 0 saturated carbocycles. The summed E-state index contributed by atoms with van der Waals surface area (Å²) in [5.74, 6) is -1.49. The molecule has 6 rings (SSSR count). The number of hydrogen-bond acceptors (Lipinski definition) is 9. The van der Waals surface area contributed by atoms with E-state index in [-0.39, 0.29) is 34.1 Å². The Morgan fingerprint density at radius 2 is 1.69 bits per heavy atom. The fourth-order valence-corrected chi connectivity index (χ4v) is 8.41. The molecule has 1 atom stereocenters. The van der Waals surface area contributed by atoms with Crippen LogP contribution in [0.3, 0.4) is 0 Å². The van der Waals surface area contributed by atoms with Crippen LogP contribution in [0.4, 0.5) is 14.9 Å². The largest absolute Gasteiger partial charge is 0.497 e. The second-order valence-corrected chi connectivity index (χ2v) is 14.2. The number of sulfonamides is 1. The molecule has 3 aliphatic heterocycles. The van der Waals surface area contributed by atoms with E-state index >= 15 is 9.18 Å². The number of piperidine rings is 1. The lowest BCUT2D eigenvalue weighted by Gasteiger charge is -2.42. The van der Waals surface area contributed by atoms with Crippen LogP contribution < -0.4 is 19.1 Å². The number of carbonyl (C=O) groups is 2. The van der Waals surface area contributed by atoms with E-state index < -0.39 is 38.9 Å². The third-order valence-corrected chi connectivity index (χ3v) is 11.3. The van der Waals surface area contributed by atoms with Crippen LogP contribution in [0.15, 0.2) is 65.6 Å². The Morgan fingerprint density at radius 3 is 2.33 bits per heavy atom. The zero-order chi connectivity index (χ0) is 34.9. The first-order valence-corrected chi connectivity index (χ1v) is 17.7. The van der Waals surface area contributed by atoms with Gasteiger partial charge in [0.2, 0.25) is 0 Å². The van der Waals surface area contributed by atoms with Crippen LogP contribution in [0.2, 0.25) is 0 Å². The Hall–Kier alpha value is -4.71. The van der Waals surface area contributed by atoms with Gasteiger partial charge in [0.15, 0.2) is 5.54 Å². The van der Waals surface area contributed by atoms with Gasteiger partial charge in [-0.2, -0.15) is 9.57 Å². The summed E-state index contributed by atoms with van der Waals surface area (Å²) in [6.45, 7) is 6.62. The van der Waals surface area contributed by atoms with Crippen LogP contribution in [0.5, 0.6) is 11.5 Å². The van der Waals surface area contributed by atoms with Crippen LogP contribution in [0, 0.1) is 17.1 Å². The van der Waals surface area contributed by atoms with Crippen molar-refractivity contribution in [1.82, 2.24) is 20.0 Å². The lowest BCUT2D eigenvalue weighted by atomic mass is 9.82. The standard InChI is InChI=1S/C35H39FN6O6S/c1-4-48-32-8-6-5-7-28(32)35(38-34(44)41-15-13-25(14-16-41)40-19-17-39(2)18-20-40)29-21-24(23-37)30(36)22-31(29)42(33(35)43)49(45,46)27-11-9-26(47-3)10-12-27/h5-12,21-22,25H,4,13-20H2,1-3H3,(H,38,44). The molecule has 3 heterocycles. The first kappa shape index (κ1) is 34.2. The van der Waals surface area contributed by atoms with E-state index in [1.807, 2.05) is 0 Å². The molecule has 0 radical (unpaired) electrons. The quantitative estimate of drug-likeness (QED) is 0.377. The van der Waals surface area contributed by atoms with Crippen LogP contribution in [-0.2, 0) is 20.4 Å². The Bertz CT molecular complexity index is 1890. The van der Waals surface area contributed by atoms with Gasteiger partial charge < -0.3 is 24.6 Å². The summed E-state index contributed by atoms with van der Waals surface area (Å²) in [7, 11) is -1.15. The van der Waals surface area contributed by atoms with E-state index in [4.69, 9.17) is 9.47 Å².